The lowest BCUT2D eigenvalue weighted by atomic mass is 10.1. The SMILES string of the molecule is NC(=O)N/N=C1\CCCCCC[C@H]2C[C@@H]12. The van der Waals surface area contributed by atoms with Crippen molar-refractivity contribution in [3.8, 4) is 0 Å². The van der Waals surface area contributed by atoms with Crippen LogP contribution in [0.4, 0.5) is 4.79 Å². The molecule has 2 atom stereocenters. The second-order valence-corrected chi connectivity index (χ2v) is 4.63. The zero-order valence-corrected chi connectivity index (χ0v) is 9.04. The van der Waals surface area contributed by atoms with Crippen molar-refractivity contribution in [2.45, 2.75) is 44.9 Å². The van der Waals surface area contributed by atoms with Crippen LogP contribution in [0.3, 0.4) is 0 Å². The molecular weight excluding hydrogens is 190 g/mol. The summed E-state index contributed by atoms with van der Waals surface area (Å²) in [5, 5.41) is 4.14. The summed E-state index contributed by atoms with van der Waals surface area (Å²) in [7, 11) is 0. The van der Waals surface area contributed by atoms with Crippen LogP contribution in [-0.4, -0.2) is 11.7 Å². The molecule has 2 aliphatic carbocycles. The predicted molar refractivity (Wildman–Crippen MR) is 59.5 cm³/mol. The van der Waals surface area contributed by atoms with Crippen LogP contribution >= 0.6 is 0 Å². The smallest absolute Gasteiger partial charge is 0.332 e. The van der Waals surface area contributed by atoms with E-state index < -0.39 is 6.03 Å². The fourth-order valence-corrected chi connectivity index (χ4v) is 2.49. The molecule has 0 spiro atoms. The van der Waals surface area contributed by atoms with Gasteiger partial charge in [0.1, 0.15) is 0 Å². The van der Waals surface area contributed by atoms with Crippen LogP contribution in [0.15, 0.2) is 5.10 Å². The standard InChI is InChI=1S/C11H19N3O/c12-11(15)14-13-10-6-4-2-1-3-5-8-7-9(8)10/h8-9H,1-7H2,(H3,12,14,15)/b13-10+/t8-,9+/m0/s1. The van der Waals surface area contributed by atoms with Gasteiger partial charge in [-0.2, -0.15) is 5.10 Å². The summed E-state index contributed by atoms with van der Waals surface area (Å²) in [6.45, 7) is 0. The Morgan fingerprint density at radius 2 is 2.13 bits per heavy atom. The Labute approximate surface area is 90.3 Å². The third-order valence-corrected chi connectivity index (χ3v) is 3.42. The molecule has 15 heavy (non-hydrogen) atoms. The number of nitrogens with zero attached hydrogens (tertiary/aromatic N) is 1. The van der Waals surface area contributed by atoms with Gasteiger partial charge in [-0.1, -0.05) is 19.3 Å². The molecule has 3 N–H and O–H groups in total. The van der Waals surface area contributed by atoms with Gasteiger partial charge in [0.2, 0.25) is 0 Å². The van der Waals surface area contributed by atoms with Crippen molar-refractivity contribution in [2.75, 3.05) is 0 Å². The number of fused-ring (bicyclic) bond motifs is 1. The molecule has 2 rings (SSSR count). The molecule has 0 unspecified atom stereocenters. The first-order valence-electron chi connectivity index (χ1n) is 5.89. The quantitative estimate of drug-likeness (QED) is 0.637. The molecule has 2 saturated carbocycles. The van der Waals surface area contributed by atoms with E-state index in [9.17, 15) is 4.79 Å². The van der Waals surface area contributed by atoms with E-state index in [1.54, 1.807) is 0 Å². The van der Waals surface area contributed by atoms with Gasteiger partial charge in [-0.05, 0) is 31.6 Å². The molecule has 2 aliphatic rings. The largest absolute Gasteiger partial charge is 0.350 e. The average Bonchev–Trinajstić information content (AvgIpc) is 2.94. The Kier molecular flexibility index (Phi) is 3.23. The number of hydrazone groups is 1. The normalized spacial score (nSPS) is 33.5. The van der Waals surface area contributed by atoms with Crippen LogP contribution in [0.5, 0.6) is 0 Å². The summed E-state index contributed by atoms with van der Waals surface area (Å²) < 4.78 is 0. The first-order chi connectivity index (χ1) is 7.27. The van der Waals surface area contributed by atoms with Gasteiger partial charge in [-0.15, -0.1) is 0 Å². The van der Waals surface area contributed by atoms with Crippen LogP contribution in [0.2, 0.25) is 0 Å². The van der Waals surface area contributed by atoms with Gasteiger partial charge in [-0.25, -0.2) is 10.2 Å². The fraction of sp³-hybridized carbons (Fsp3) is 0.818. The Morgan fingerprint density at radius 1 is 1.33 bits per heavy atom. The van der Waals surface area contributed by atoms with E-state index in [0.29, 0.717) is 5.92 Å². The topological polar surface area (TPSA) is 67.5 Å². The number of carbonyl (C=O) groups is 1. The molecule has 0 aliphatic heterocycles. The molecule has 2 amide bonds. The van der Waals surface area contributed by atoms with Crippen molar-refractivity contribution in [3.63, 3.8) is 0 Å². The summed E-state index contributed by atoms with van der Waals surface area (Å²) in [6, 6.07) is -0.556. The first kappa shape index (κ1) is 10.5. The summed E-state index contributed by atoms with van der Waals surface area (Å²) in [4.78, 5) is 10.6. The second-order valence-electron chi connectivity index (χ2n) is 4.63. The molecule has 2 fully saturated rings. The lowest BCUT2D eigenvalue weighted by Crippen LogP contribution is -2.26. The van der Waals surface area contributed by atoms with Crippen LogP contribution in [0.1, 0.15) is 44.9 Å². The monoisotopic (exact) mass is 209 g/mol. The van der Waals surface area contributed by atoms with E-state index in [2.05, 4.69) is 10.5 Å². The minimum absolute atomic E-state index is 0.556. The van der Waals surface area contributed by atoms with Gasteiger partial charge < -0.3 is 5.73 Å². The highest BCUT2D eigenvalue weighted by Gasteiger charge is 2.40. The first-order valence-corrected chi connectivity index (χ1v) is 5.89. The van der Waals surface area contributed by atoms with E-state index in [1.807, 2.05) is 0 Å². The number of hydrogen-bond donors (Lipinski definition) is 2. The number of urea groups is 1. The lowest BCUT2D eigenvalue weighted by molar-refractivity contribution is 0.249. The summed E-state index contributed by atoms with van der Waals surface area (Å²) in [5.41, 5.74) is 8.55. The number of nitrogens with one attached hydrogen (secondary N) is 1. The maximum Gasteiger partial charge on any atom is 0.332 e. The Bertz CT molecular complexity index is 275. The molecule has 84 valence electrons. The number of hydrogen-bond acceptors (Lipinski definition) is 2. The number of nitrogens with two attached hydrogens (primary N) is 1. The van der Waals surface area contributed by atoms with Gasteiger partial charge in [0.15, 0.2) is 0 Å². The minimum atomic E-state index is -0.556. The van der Waals surface area contributed by atoms with Crippen LogP contribution in [-0.2, 0) is 0 Å². The molecule has 0 saturated heterocycles. The van der Waals surface area contributed by atoms with Crippen molar-refractivity contribution in [1.29, 1.82) is 0 Å². The highest BCUT2D eigenvalue weighted by molar-refractivity contribution is 5.90. The Hall–Kier alpha value is -1.06. The van der Waals surface area contributed by atoms with Gasteiger partial charge in [0.25, 0.3) is 0 Å². The van der Waals surface area contributed by atoms with Crippen molar-refractivity contribution in [2.24, 2.45) is 22.7 Å². The van der Waals surface area contributed by atoms with E-state index in [4.69, 9.17) is 5.73 Å². The van der Waals surface area contributed by atoms with Crippen LogP contribution < -0.4 is 11.2 Å². The molecular formula is C11H19N3O. The fourth-order valence-electron chi connectivity index (χ4n) is 2.49. The molecule has 0 radical (unpaired) electrons. The molecule has 0 aromatic rings. The molecule has 0 aromatic heterocycles. The van der Waals surface area contributed by atoms with Gasteiger partial charge in [-0.3, -0.25) is 0 Å². The lowest BCUT2D eigenvalue weighted by Gasteiger charge is -2.04. The summed E-state index contributed by atoms with van der Waals surface area (Å²) in [6.07, 6.45) is 8.82. The molecule has 0 heterocycles. The third-order valence-electron chi connectivity index (χ3n) is 3.42. The van der Waals surface area contributed by atoms with Crippen LogP contribution in [0.25, 0.3) is 0 Å². The van der Waals surface area contributed by atoms with Gasteiger partial charge in [0, 0.05) is 11.6 Å². The third kappa shape index (κ3) is 2.94. The highest BCUT2D eigenvalue weighted by Crippen LogP contribution is 2.45. The minimum Gasteiger partial charge on any atom is -0.350 e. The zero-order valence-electron chi connectivity index (χ0n) is 9.04. The average molecular weight is 209 g/mol. The maximum absolute atomic E-state index is 10.6. The van der Waals surface area contributed by atoms with Crippen molar-refractivity contribution < 1.29 is 4.79 Å². The molecule has 4 heteroatoms. The van der Waals surface area contributed by atoms with Crippen molar-refractivity contribution >= 4 is 11.7 Å². The highest BCUT2D eigenvalue weighted by atomic mass is 16.2. The Morgan fingerprint density at radius 3 is 2.93 bits per heavy atom. The van der Waals surface area contributed by atoms with E-state index >= 15 is 0 Å². The number of amides is 2. The Balaban J connectivity index is 1.95. The molecule has 4 nitrogen and oxygen atoms in total. The maximum atomic E-state index is 10.6. The van der Waals surface area contributed by atoms with Gasteiger partial charge >= 0.3 is 6.03 Å². The summed E-state index contributed by atoms with van der Waals surface area (Å²) >= 11 is 0. The zero-order chi connectivity index (χ0) is 10.7. The predicted octanol–water partition coefficient (Wildman–Crippen LogP) is 2.00. The summed E-state index contributed by atoms with van der Waals surface area (Å²) in [5.74, 6) is 1.46. The van der Waals surface area contributed by atoms with Crippen molar-refractivity contribution in [1.82, 2.24) is 5.43 Å². The van der Waals surface area contributed by atoms with Crippen molar-refractivity contribution in [3.05, 3.63) is 0 Å². The molecule has 0 aromatic carbocycles. The van der Waals surface area contributed by atoms with Crippen LogP contribution in [0, 0.1) is 11.8 Å². The van der Waals surface area contributed by atoms with E-state index in [0.717, 1.165) is 12.3 Å². The van der Waals surface area contributed by atoms with E-state index in [1.165, 1.54) is 44.2 Å². The van der Waals surface area contributed by atoms with Gasteiger partial charge in [0.05, 0.1) is 0 Å². The number of carbonyl (C=O) groups excluding carboxylic acids is 1. The van der Waals surface area contributed by atoms with E-state index in [-0.39, 0.29) is 0 Å². The molecule has 0 bridgehead atoms. The second kappa shape index (κ2) is 4.64. The number of primary amides is 1. The number of rotatable bonds is 1.